The fourth-order valence-electron chi connectivity index (χ4n) is 1.83. The van der Waals surface area contributed by atoms with E-state index in [9.17, 15) is 4.39 Å². The van der Waals surface area contributed by atoms with E-state index in [0.29, 0.717) is 6.04 Å². The first kappa shape index (κ1) is 11.0. The van der Waals surface area contributed by atoms with Crippen LogP contribution in [0.3, 0.4) is 0 Å². The maximum absolute atomic E-state index is 13.1. The van der Waals surface area contributed by atoms with Crippen molar-refractivity contribution in [2.24, 2.45) is 0 Å². The van der Waals surface area contributed by atoms with E-state index in [1.165, 1.54) is 6.07 Å². The molecular formula is C12H16FNS. The van der Waals surface area contributed by atoms with Crippen LogP contribution in [0, 0.1) is 12.7 Å². The Morgan fingerprint density at radius 2 is 2.33 bits per heavy atom. The van der Waals surface area contributed by atoms with Gasteiger partial charge in [0.15, 0.2) is 0 Å². The molecule has 1 saturated heterocycles. The molecule has 1 aromatic carbocycles. The van der Waals surface area contributed by atoms with E-state index in [2.05, 4.69) is 12.2 Å². The summed E-state index contributed by atoms with van der Waals surface area (Å²) in [6, 6.07) is 5.60. The summed E-state index contributed by atoms with van der Waals surface area (Å²) < 4.78 is 13.1. The number of hydrogen-bond acceptors (Lipinski definition) is 2. The lowest BCUT2D eigenvalue weighted by atomic mass is 10.1. The summed E-state index contributed by atoms with van der Waals surface area (Å²) in [5.41, 5.74) is 2.26. The van der Waals surface area contributed by atoms with Crippen molar-refractivity contribution in [1.29, 1.82) is 0 Å². The molecule has 0 amide bonds. The van der Waals surface area contributed by atoms with Gasteiger partial charge in [0.05, 0.1) is 5.37 Å². The van der Waals surface area contributed by atoms with Crippen LogP contribution in [-0.2, 0) is 0 Å². The molecule has 15 heavy (non-hydrogen) atoms. The predicted octanol–water partition coefficient (Wildman–Crippen LogP) is 3.25. The molecule has 0 aliphatic carbocycles. The lowest BCUT2D eigenvalue weighted by Gasteiger charge is -2.14. The molecule has 0 radical (unpaired) electrons. The fourth-order valence-corrected chi connectivity index (χ4v) is 3.31. The largest absolute Gasteiger partial charge is 0.298 e. The Hall–Kier alpha value is -0.540. The molecule has 1 N–H and O–H groups in total. The molecule has 82 valence electrons. The van der Waals surface area contributed by atoms with E-state index < -0.39 is 0 Å². The molecule has 1 aliphatic heterocycles. The molecule has 1 heterocycles. The molecule has 3 heteroatoms. The second-order valence-electron chi connectivity index (χ2n) is 3.99. The summed E-state index contributed by atoms with van der Waals surface area (Å²) in [5.74, 6) is 0.981. The third-order valence-electron chi connectivity index (χ3n) is 2.87. The van der Waals surface area contributed by atoms with Crippen molar-refractivity contribution >= 4 is 11.8 Å². The molecule has 1 aromatic rings. The zero-order valence-corrected chi connectivity index (χ0v) is 9.90. The molecule has 2 rings (SSSR count). The molecule has 0 spiro atoms. The minimum absolute atomic E-state index is 0.141. The number of nitrogens with one attached hydrogen (secondary N) is 1. The Morgan fingerprint density at radius 1 is 1.53 bits per heavy atom. The smallest absolute Gasteiger partial charge is 0.123 e. The molecule has 0 aromatic heterocycles. The molecule has 0 saturated carbocycles. The van der Waals surface area contributed by atoms with Crippen LogP contribution >= 0.6 is 11.8 Å². The average molecular weight is 225 g/mol. The van der Waals surface area contributed by atoms with Gasteiger partial charge in [-0.05, 0) is 36.6 Å². The van der Waals surface area contributed by atoms with Crippen molar-refractivity contribution in [1.82, 2.24) is 5.32 Å². The Morgan fingerprint density at radius 3 is 3.00 bits per heavy atom. The van der Waals surface area contributed by atoms with Crippen LogP contribution in [0.4, 0.5) is 4.39 Å². The summed E-state index contributed by atoms with van der Waals surface area (Å²) in [7, 11) is 0. The third-order valence-corrected chi connectivity index (χ3v) is 4.19. The lowest BCUT2D eigenvalue weighted by molar-refractivity contribution is 0.556. The summed E-state index contributed by atoms with van der Waals surface area (Å²) >= 11 is 1.87. The quantitative estimate of drug-likeness (QED) is 0.829. The van der Waals surface area contributed by atoms with Crippen molar-refractivity contribution in [3.63, 3.8) is 0 Å². The van der Waals surface area contributed by atoms with Crippen LogP contribution in [0.5, 0.6) is 0 Å². The van der Waals surface area contributed by atoms with Crippen molar-refractivity contribution in [2.45, 2.75) is 31.7 Å². The Labute approximate surface area is 94.5 Å². The number of thioether (sulfide) groups is 1. The minimum Gasteiger partial charge on any atom is -0.298 e. The van der Waals surface area contributed by atoms with Gasteiger partial charge in [-0.3, -0.25) is 5.32 Å². The van der Waals surface area contributed by atoms with E-state index in [1.807, 2.05) is 24.8 Å². The molecule has 1 nitrogen and oxygen atoms in total. The van der Waals surface area contributed by atoms with E-state index in [1.54, 1.807) is 6.07 Å². The minimum atomic E-state index is -0.141. The highest BCUT2D eigenvalue weighted by molar-refractivity contribution is 7.99. The SMILES string of the molecule is CCC1CSC(c2cc(F)ccc2C)N1. The monoisotopic (exact) mass is 225 g/mol. The van der Waals surface area contributed by atoms with Gasteiger partial charge in [-0.1, -0.05) is 13.0 Å². The molecule has 0 bridgehead atoms. The number of rotatable bonds is 2. The lowest BCUT2D eigenvalue weighted by Crippen LogP contribution is -2.25. The van der Waals surface area contributed by atoms with Crippen LogP contribution in [-0.4, -0.2) is 11.8 Å². The van der Waals surface area contributed by atoms with Gasteiger partial charge < -0.3 is 0 Å². The van der Waals surface area contributed by atoms with Gasteiger partial charge in [-0.15, -0.1) is 11.8 Å². The molecule has 1 fully saturated rings. The van der Waals surface area contributed by atoms with Crippen LogP contribution < -0.4 is 5.32 Å². The van der Waals surface area contributed by atoms with Crippen LogP contribution in [0.25, 0.3) is 0 Å². The van der Waals surface area contributed by atoms with E-state index in [0.717, 1.165) is 23.3 Å². The van der Waals surface area contributed by atoms with E-state index in [4.69, 9.17) is 0 Å². The first-order valence-electron chi connectivity index (χ1n) is 5.34. The molecule has 1 aliphatic rings. The summed E-state index contributed by atoms with van der Waals surface area (Å²) in [5, 5.41) is 3.79. The Balaban J connectivity index is 2.19. The standard InChI is InChI=1S/C12H16FNS/c1-3-10-7-15-12(14-10)11-6-9(13)5-4-8(11)2/h4-6,10,12,14H,3,7H2,1-2H3. The van der Waals surface area contributed by atoms with E-state index >= 15 is 0 Å². The van der Waals surface area contributed by atoms with Gasteiger partial charge in [-0.25, -0.2) is 4.39 Å². The van der Waals surface area contributed by atoms with Gasteiger partial charge in [0, 0.05) is 11.8 Å². The van der Waals surface area contributed by atoms with E-state index in [-0.39, 0.29) is 11.2 Å². The number of benzene rings is 1. The van der Waals surface area contributed by atoms with Gasteiger partial charge in [0.1, 0.15) is 5.82 Å². The third kappa shape index (κ3) is 2.34. The first-order chi connectivity index (χ1) is 7.20. The zero-order valence-electron chi connectivity index (χ0n) is 9.09. The highest BCUT2D eigenvalue weighted by Crippen LogP contribution is 2.35. The van der Waals surface area contributed by atoms with Crippen molar-refractivity contribution in [2.75, 3.05) is 5.75 Å². The normalized spacial score (nSPS) is 25.8. The molecule has 2 unspecified atom stereocenters. The number of hydrogen-bond donors (Lipinski definition) is 1. The fraction of sp³-hybridized carbons (Fsp3) is 0.500. The van der Waals surface area contributed by atoms with Crippen molar-refractivity contribution in [3.8, 4) is 0 Å². The summed E-state index contributed by atoms with van der Waals surface area (Å²) in [4.78, 5) is 0. The molecular weight excluding hydrogens is 209 g/mol. The topological polar surface area (TPSA) is 12.0 Å². The highest BCUT2D eigenvalue weighted by atomic mass is 32.2. The Kier molecular flexibility index (Phi) is 3.32. The van der Waals surface area contributed by atoms with Crippen LogP contribution in [0.2, 0.25) is 0 Å². The van der Waals surface area contributed by atoms with Gasteiger partial charge in [-0.2, -0.15) is 0 Å². The van der Waals surface area contributed by atoms with Crippen molar-refractivity contribution < 1.29 is 4.39 Å². The second kappa shape index (κ2) is 4.54. The van der Waals surface area contributed by atoms with Gasteiger partial charge in [0.25, 0.3) is 0 Å². The summed E-state index contributed by atoms with van der Waals surface area (Å²) in [6.07, 6.45) is 1.14. The first-order valence-corrected chi connectivity index (χ1v) is 6.39. The number of aryl methyl sites for hydroxylation is 1. The maximum Gasteiger partial charge on any atom is 0.123 e. The number of halogens is 1. The molecule has 2 atom stereocenters. The highest BCUT2D eigenvalue weighted by Gasteiger charge is 2.25. The predicted molar refractivity (Wildman–Crippen MR) is 63.6 cm³/mol. The second-order valence-corrected chi connectivity index (χ2v) is 5.12. The maximum atomic E-state index is 13.1. The van der Waals surface area contributed by atoms with Gasteiger partial charge >= 0.3 is 0 Å². The van der Waals surface area contributed by atoms with Crippen LogP contribution in [0.15, 0.2) is 18.2 Å². The van der Waals surface area contributed by atoms with Crippen molar-refractivity contribution in [3.05, 3.63) is 35.1 Å². The van der Waals surface area contributed by atoms with Crippen LogP contribution in [0.1, 0.15) is 29.8 Å². The Bertz CT molecular complexity index is 353. The average Bonchev–Trinajstić information content (AvgIpc) is 2.70. The zero-order chi connectivity index (χ0) is 10.8. The van der Waals surface area contributed by atoms with Gasteiger partial charge in [0.2, 0.25) is 0 Å². The summed E-state index contributed by atoms with van der Waals surface area (Å²) in [6.45, 7) is 4.22.